The first-order valence-corrected chi connectivity index (χ1v) is 11.2. The molecule has 1 heterocycles. The Morgan fingerprint density at radius 1 is 1.19 bits per heavy atom. The van der Waals surface area contributed by atoms with Crippen molar-refractivity contribution in [2.45, 2.75) is 26.3 Å². The summed E-state index contributed by atoms with van der Waals surface area (Å²) in [6.07, 6.45) is 0.0575. The van der Waals surface area contributed by atoms with Crippen molar-refractivity contribution in [3.63, 3.8) is 0 Å². The number of rotatable bonds is 9. The summed E-state index contributed by atoms with van der Waals surface area (Å²) in [7, 11) is 1.50. The van der Waals surface area contributed by atoms with Gasteiger partial charge in [-0.1, -0.05) is 12.1 Å². The van der Waals surface area contributed by atoms with Crippen LogP contribution in [0, 0.1) is 0 Å². The zero-order valence-electron chi connectivity index (χ0n) is 17.9. The molecule has 2 aromatic rings. The molecule has 0 radical (unpaired) electrons. The van der Waals surface area contributed by atoms with E-state index in [0.717, 1.165) is 4.90 Å². The largest absolute Gasteiger partial charge is 0.493 e. The SMILES string of the molecule is CCOc1cc([C@H](CCS(=O)O)N2C(=O)c3cccc(NC(C)=O)c3C2=O)ccc1OC. The predicted octanol–water partition coefficient (Wildman–Crippen LogP) is 3.00. The lowest BCUT2D eigenvalue weighted by molar-refractivity contribution is -0.114. The molecule has 32 heavy (non-hydrogen) atoms. The molecule has 3 amide bonds. The molecule has 10 heteroatoms. The summed E-state index contributed by atoms with van der Waals surface area (Å²) in [5.74, 6) is -0.738. The summed E-state index contributed by atoms with van der Waals surface area (Å²) < 4.78 is 31.7. The number of methoxy groups -OCH3 is 1. The van der Waals surface area contributed by atoms with Crippen LogP contribution in [0.1, 0.15) is 52.6 Å². The molecule has 1 aliphatic rings. The highest BCUT2D eigenvalue weighted by Gasteiger charge is 2.42. The Kier molecular flexibility index (Phi) is 7.26. The molecule has 0 saturated carbocycles. The Hall–Kier alpha value is -3.24. The lowest BCUT2D eigenvalue weighted by Gasteiger charge is -2.27. The number of carbonyl (C=O) groups excluding carboxylic acids is 3. The van der Waals surface area contributed by atoms with Gasteiger partial charge in [0.05, 0.1) is 42.3 Å². The molecule has 0 saturated heterocycles. The Labute approximate surface area is 188 Å². The van der Waals surface area contributed by atoms with Crippen molar-refractivity contribution >= 4 is 34.5 Å². The molecule has 0 aromatic heterocycles. The molecule has 2 N–H and O–H groups in total. The second kappa shape index (κ2) is 9.92. The van der Waals surface area contributed by atoms with Gasteiger partial charge in [0.25, 0.3) is 11.8 Å². The van der Waals surface area contributed by atoms with E-state index >= 15 is 0 Å². The molecule has 0 fully saturated rings. The van der Waals surface area contributed by atoms with E-state index in [1.165, 1.54) is 20.1 Å². The zero-order chi connectivity index (χ0) is 23.4. The minimum absolute atomic E-state index is 0.0575. The zero-order valence-corrected chi connectivity index (χ0v) is 18.7. The third kappa shape index (κ3) is 4.66. The van der Waals surface area contributed by atoms with Crippen LogP contribution in [0.4, 0.5) is 5.69 Å². The molecule has 3 rings (SSSR count). The van der Waals surface area contributed by atoms with Crippen molar-refractivity contribution in [2.75, 3.05) is 24.8 Å². The van der Waals surface area contributed by atoms with Gasteiger partial charge in [0.15, 0.2) is 22.6 Å². The maximum absolute atomic E-state index is 13.4. The highest BCUT2D eigenvalue weighted by Crippen LogP contribution is 2.39. The van der Waals surface area contributed by atoms with Crippen LogP contribution in [0.2, 0.25) is 0 Å². The first-order valence-electron chi connectivity index (χ1n) is 9.95. The molecular formula is C22H24N2O7S. The molecule has 0 bridgehead atoms. The number of nitrogens with zero attached hydrogens (tertiary/aromatic N) is 1. The van der Waals surface area contributed by atoms with Gasteiger partial charge in [0.1, 0.15) is 0 Å². The molecule has 2 atom stereocenters. The van der Waals surface area contributed by atoms with E-state index in [1.54, 1.807) is 30.3 Å². The van der Waals surface area contributed by atoms with Gasteiger partial charge in [-0.05, 0) is 43.2 Å². The Balaban J connectivity index is 2.08. The van der Waals surface area contributed by atoms with Gasteiger partial charge >= 0.3 is 0 Å². The Bertz CT molecular complexity index is 1090. The predicted molar refractivity (Wildman–Crippen MR) is 118 cm³/mol. The van der Waals surface area contributed by atoms with Crippen molar-refractivity contribution in [1.29, 1.82) is 0 Å². The molecule has 9 nitrogen and oxygen atoms in total. The Morgan fingerprint density at radius 2 is 1.94 bits per heavy atom. The topological polar surface area (TPSA) is 122 Å². The second-order valence-electron chi connectivity index (χ2n) is 7.06. The fourth-order valence-electron chi connectivity index (χ4n) is 3.71. The van der Waals surface area contributed by atoms with E-state index in [0.29, 0.717) is 23.7 Å². The molecule has 0 aliphatic carbocycles. The Morgan fingerprint density at radius 3 is 2.56 bits per heavy atom. The number of benzene rings is 2. The summed E-state index contributed by atoms with van der Waals surface area (Å²) in [4.78, 5) is 39.2. The number of imide groups is 1. The summed E-state index contributed by atoms with van der Waals surface area (Å²) >= 11 is -2.12. The minimum Gasteiger partial charge on any atom is -0.493 e. The van der Waals surface area contributed by atoms with Crippen LogP contribution in [0.15, 0.2) is 36.4 Å². The van der Waals surface area contributed by atoms with Crippen LogP contribution in [-0.2, 0) is 15.9 Å². The molecule has 2 aromatic carbocycles. The van der Waals surface area contributed by atoms with Crippen LogP contribution in [0.5, 0.6) is 11.5 Å². The van der Waals surface area contributed by atoms with E-state index in [-0.39, 0.29) is 34.9 Å². The molecule has 1 aliphatic heterocycles. The third-order valence-corrected chi connectivity index (χ3v) is 5.59. The van der Waals surface area contributed by atoms with Crippen LogP contribution in [0.3, 0.4) is 0 Å². The van der Waals surface area contributed by atoms with Crippen molar-refractivity contribution in [2.24, 2.45) is 0 Å². The first kappa shape index (κ1) is 23.4. The third-order valence-electron chi connectivity index (χ3n) is 5.01. The van der Waals surface area contributed by atoms with Crippen LogP contribution < -0.4 is 14.8 Å². The van der Waals surface area contributed by atoms with E-state index < -0.39 is 28.9 Å². The summed E-state index contributed by atoms with van der Waals surface area (Å²) in [6.45, 7) is 3.49. The number of amides is 3. The average molecular weight is 461 g/mol. The lowest BCUT2D eigenvalue weighted by Crippen LogP contribution is -2.35. The van der Waals surface area contributed by atoms with Gasteiger partial charge in [-0.2, -0.15) is 0 Å². The van der Waals surface area contributed by atoms with Crippen molar-refractivity contribution in [3.05, 3.63) is 53.1 Å². The van der Waals surface area contributed by atoms with Gasteiger partial charge in [-0.25, -0.2) is 4.21 Å². The summed E-state index contributed by atoms with van der Waals surface area (Å²) in [6, 6.07) is 8.82. The number of anilines is 1. The number of ether oxygens (including phenoxy) is 2. The van der Waals surface area contributed by atoms with Crippen molar-refractivity contribution < 1.29 is 32.6 Å². The number of fused-ring (bicyclic) bond motifs is 1. The van der Waals surface area contributed by atoms with Crippen LogP contribution in [0.25, 0.3) is 0 Å². The first-order chi connectivity index (χ1) is 15.3. The monoisotopic (exact) mass is 460 g/mol. The maximum atomic E-state index is 13.4. The summed E-state index contributed by atoms with van der Waals surface area (Å²) in [5.41, 5.74) is 1.05. The van der Waals surface area contributed by atoms with Gasteiger partial charge < -0.3 is 19.3 Å². The van der Waals surface area contributed by atoms with Gasteiger partial charge in [-0.3, -0.25) is 19.3 Å². The van der Waals surface area contributed by atoms with Crippen LogP contribution in [-0.4, -0.2) is 50.9 Å². The fourth-order valence-corrected chi connectivity index (χ4v) is 4.13. The fraction of sp³-hybridized carbons (Fsp3) is 0.318. The summed E-state index contributed by atoms with van der Waals surface area (Å²) in [5, 5.41) is 2.58. The number of carbonyl (C=O) groups is 3. The minimum atomic E-state index is -2.12. The van der Waals surface area contributed by atoms with E-state index in [1.807, 2.05) is 6.92 Å². The average Bonchev–Trinajstić information content (AvgIpc) is 3.00. The van der Waals surface area contributed by atoms with Gasteiger partial charge in [-0.15, -0.1) is 0 Å². The second-order valence-corrected chi connectivity index (χ2v) is 8.11. The highest BCUT2D eigenvalue weighted by atomic mass is 32.2. The van der Waals surface area contributed by atoms with E-state index in [2.05, 4.69) is 5.32 Å². The maximum Gasteiger partial charge on any atom is 0.264 e. The molecule has 1 unspecified atom stereocenters. The number of nitrogens with one attached hydrogen (secondary N) is 1. The van der Waals surface area contributed by atoms with Crippen LogP contribution >= 0.6 is 0 Å². The molecule has 170 valence electrons. The van der Waals surface area contributed by atoms with E-state index in [4.69, 9.17) is 9.47 Å². The van der Waals surface area contributed by atoms with Crippen molar-refractivity contribution in [1.82, 2.24) is 4.90 Å². The smallest absolute Gasteiger partial charge is 0.264 e. The lowest BCUT2D eigenvalue weighted by atomic mass is 10.0. The highest BCUT2D eigenvalue weighted by molar-refractivity contribution is 7.79. The number of hydrogen-bond donors (Lipinski definition) is 2. The van der Waals surface area contributed by atoms with Gasteiger partial charge in [0.2, 0.25) is 5.91 Å². The molecular weight excluding hydrogens is 436 g/mol. The normalized spacial score (nSPS) is 14.7. The van der Waals surface area contributed by atoms with Crippen molar-refractivity contribution in [3.8, 4) is 11.5 Å². The quantitative estimate of drug-likeness (QED) is 0.436. The molecule has 0 spiro atoms. The standard InChI is InChI=1S/C22H24N2O7S/c1-4-31-19-12-14(8-9-18(19)30-3)17(10-11-32(28)29)24-21(26)15-6-5-7-16(23-13(2)25)20(15)22(24)27/h5-9,12,17H,4,10-11H2,1-3H3,(H,23,25)(H,28,29)/t17-/m0/s1. The van der Waals surface area contributed by atoms with E-state index in [9.17, 15) is 23.1 Å². The number of hydrogen-bond acceptors (Lipinski definition) is 6. The van der Waals surface area contributed by atoms with Gasteiger partial charge in [0, 0.05) is 6.92 Å².